The summed E-state index contributed by atoms with van der Waals surface area (Å²) in [6.07, 6.45) is 0.292. The molecule has 6 heteroatoms. The predicted molar refractivity (Wildman–Crippen MR) is 94.5 cm³/mol. The third-order valence-corrected chi connectivity index (χ3v) is 3.88. The molecule has 1 aromatic heterocycles. The highest BCUT2D eigenvalue weighted by Crippen LogP contribution is 2.26. The van der Waals surface area contributed by atoms with Gasteiger partial charge in [-0.1, -0.05) is 54.1 Å². The lowest BCUT2D eigenvalue weighted by Gasteiger charge is -2.11. The van der Waals surface area contributed by atoms with Crippen LogP contribution in [0.5, 0.6) is 5.75 Å². The van der Waals surface area contributed by atoms with Crippen molar-refractivity contribution in [3.05, 3.63) is 81.5 Å². The molecular weight excluding hydrogens is 318 g/mol. The Kier molecular flexibility index (Phi) is 4.35. The Morgan fingerprint density at radius 1 is 1.20 bits per heavy atom. The molecule has 126 valence electrons. The molecule has 0 unspecified atom stereocenters. The number of aromatic hydroxyl groups is 1. The molecule has 1 amide bonds. The maximum atomic E-state index is 11.8. The SMILES string of the molecule is Cc1cccc(-c2ccccc2Cc2nc(C(N)=O)c(O)c(=O)[nH]2)c1. The number of nitrogens with zero attached hydrogens (tertiary/aromatic N) is 1. The van der Waals surface area contributed by atoms with Gasteiger partial charge >= 0.3 is 0 Å². The predicted octanol–water partition coefficient (Wildman–Crippen LogP) is 2.14. The van der Waals surface area contributed by atoms with Crippen LogP contribution in [0.3, 0.4) is 0 Å². The van der Waals surface area contributed by atoms with E-state index in [1.807, 2.05) is 49.4 Å². The van der Waals surface area contributed by atoms with Crippen LogP contribution in [0.25, 0.3) is 11.1 Å². The zero-order valence-electron chi connectivity index (χ0n) is 13.6. The first-order valence-corrected chi connectivity index (χ1v) is 7.72. The molecule has 0 saturated carbocycles. The average molecular weight is 335 g/mol. The van der Waals surface area contributed by atoms with Gasteiger partial charge in [0.05, 0.1) is 0 Å². The number of amides is 1. The van der Waals surface area contributed by atoms with E-state index in [1.165, 1.54) is 0 Å². The number of H-pyrrole nitrogens is 1. The minimum Gasteiger partial charge on any atom is -0.501 e. The molecule has 0 aliphatic carbocycles. The minimum absolute atomic E-state index is 0.261. The van der Waals surface area contributed by atoms with E-state index in [1.54, 1.807) is 0 Å². The lowest BCUT2D eigenvalue weighted by Crippen LogP contribution is -2.21. The van der Waals surface area contributed by atoms with Gasteiger partial charge < -0.3 is 15.8 Å². The van der Waals surface area contributed by atoms with E-state index in [4.69, 9.17) is 5.73 Å². The van der Waals surface area contributed by atoms with Crippen LogP contribution in [0.2, 0.25) is 0 Å². The summed E-state index contributed by atoms with van der Waals surface area (Å²) in [6.45, 7) is 2.02. The highest BCUT2D eigenvalue weighted by atomic mass is 16.3. The molecule has 6 nitrogen and oxygen atoms in total. The van der Waals surface area contributed by atoms with Gasteiger partial charge in [-0.15, -0.1) is 0 Å². The summed E-state index contributed by atoms with van der Waals surface area (Å²) in [5.41, 5.74) is 8.08. The molecule has 0 spiro atoms. The van der Waals surface area contributed by atoms with E-state index < -0.39 is 22.9 Å². The normalized spacial score (nSPS) is 10.6. The highest BCUT2D eigenvalue weighted by Gasteiger charge is 2.16. The van der Waals surface area contributed by atoms with Crippen molar-refractivity contribution in [2.75, 3.05) is 0 Å². The van der Waals surface area contributed by atoms with Gasteiger partial charge in [-0.25, -0.2) is 4.98 Å². The Bertz CT molecular complexity index is 1010. The van der Waals surface area contributed by atoms with Gasteiger partial charge in [0, 0.05) is 6.42 Å². The number of nitrogens with one attached hydrogen (secondary N) is 1. The number of hydrogen-bond donors (Lipinski definition) is 3. The molecule has 1 heterocycles. The second kappa shape index (κ2) is 6.60. The van der Waals surface area contributed by atoms with Crippen LogP contribution in [0.4, 0.5) is 0 Å². The lowest BCUT2D eigenvalue weighted by molar-refractivity contribution is 0.0992. The number of benzene rings is 2. The highest BCUT2D eigenvalue weighted by molar-refractivity contribution is 5.93. The number of aromatic amines is 1. The van der Waals surface area contributed by atoms with E-state index in [9.17, 15) is 14.7 Å². The maximum absolute atomic E-state index is 11.8. The first-order chi connectivity index (χ1) is 12.0. The largest absolute Gasteiger partial charge is 0.501 e. The first kappa shape index (κ1) is 16.4. The van der Waals surface area contributed by atoms with Crippen molar-refractivity contribution in [1.29, 1.82) is 0 Å². The smallest absolute Gasteiger partial charge is 0.293 e. The van der Waals surface area contributed by atoms with Crippen molar-refractivity contribution >= 4 is 5.91 Å². The summed E-state index contributed by atoms with van der Waals surface area (Å²) in [7, 11) is 0. The molecule has 2 aromatic carbocycles. The Morgan fingerprint density at radius 2 is 1.96 bits per heavy atom. The summed E-state index contributed by atoms with van der Waals surface area (Å²) in [5.74, 6) is -1.45. The summed E-state index contributed by atoms with van der Waals surface area (Å²) in [6, 6.07) is 15.8. The van der Waals surface area contributed by atoms with Gasteiger partial charge in [-0.05, 0) is 23.6 Å². The van der Waals surface area contributed by atoms with E-state index in [0.29, 0.717) is 6.42 Å². The van der Waals surface area contributed by atoms with E-state index in [0.717, 1.165) is 22.3 Å². The molecule has 4 N–H and O–H groups in total. The summed E-state index contributed by atoms with van der Waals surface area (Å²) >= 11 is 0. The molecular formula is C19H17N3O3. The Hall–Kier alpha value is -3.41. The van der Waals surface area contributed by atoms with Gasteiger partial charge in [0.1, 0.15) is 5.82 Å². The van der Waals surface area contributed by atoms with Crippen molar-refractivity contribution in [3.8, 4) is 16.9 Å². The van der Waals surface area contributed by atoms with Crippen LogP contribution in [0.15, 0.2) is 53.3 Å². The second-order valence-electron chi connectivity index (χ2n) is 5.78. The fraction of sp³-hybridized carbons (Fsp3) is 0.105. The van der Waals surface area contributed by atoms with E-state index >= 15 is 0 Å². The van der Waals surface area contributed by atoms with Gasteiger partial charge in [0.25, 0.3) is 11.5 Å². The molecule has 0 fully saturated rings. The fourth-order valence-electron chi connectivity index (χ4n) is 2.72. The van der Waals surface area contributed by atoms with Gasteiger partial charge in [0.2, 0.25) is 5.75 Å². The van der Waals surface area contributed by atoms with Gasteiger partial charge in [-0.2, -0.15) is 0 Å². The summed E-state index contributed by atoms with van der Waals surface area (Å²) < 4.78 is 0. The zero-order chi connectivity index (χ0) is 18.0. The number of hydrogen-bond acceptors (Lipinski definition) is 4. The molecule has 25 heavy (non-hydrogen) atoms. The number of carbonyl (C=O) groups is 1. The van der Waals surface area contributed by atoms with Crippen LogP contribution in [0, 0.1) is 6.92 Å². The number of aryl methyl sites for hydroxylation is 1. The van der Waals surface area contributed by atoms with Crippen LogP contribution in [-0.4, -0.2) is 21.0 Å². The topological polar surface area (TPSA) is 109 Å². The molecule has 0 aliphatic heterocycles. The maximum Gasteiger partial charge on any atom is 0.293 e. The van der Waals surface area contributed by atoms with Crippen molar-refractivity contribution < 1.29 is 9.90 Å². The second-order valence-corrected chi connectivity index (χ2v) is 5.78. The minimum atomic E-state index is -0.947. The Morgan fingerprint density at radius 3 is 2.68 bits per heavy atom. The fourth-order valence-corrected chi connectivity index (χ4v) is 2.72. The van der Waals surface area contributed by atoms with E-state index in [2.05, 4.69) is 16.0 Å². The standard InChI is InChI=1S/C19H17N3O3/c1-11-5-4-7-12(9-11)14-8-3-2-6-13(14)10-15-21-16(18(20)24)17(23)19(25)22-15/h2-9,23H,10H2,1H3,(H2,20,24)(H,21,22,25). The average Bonchev–Trinajstić information content (AvgIpc) is 2.58. The number of primary amides is 1. The number of carbonyl (C=O) groups excluding carboxylic acids is 1. The zero-order valence-corrected chi connectivity index (χ0v) is 13.6. The van der Waals surface area contributed by atoms with Gasteiger partial charge in [0.15, 0.2) is 5.69 Å². The molecule has 3 aromatic rings. The molecule has 3 rings (SSSR count). The molecule has 0 atom stereocenters. The van der Waals surface area contributed by atoms with Crippen LogP contribution >= 0.6 is 0 Å². The molecule has 0 aliphatic rings. The van der Waals surface area contributed by atoms with Crippen molar-refractivity contribution in [2.24, 2.45) is 5.73 Å². The Labute approximate surface area is 144 Å². The first-order valence-electron chi connectivity index (χ1n) is 7.72. The molecule has 0 radical (unpaired) electrons. The van der Waals surface area contributed by atoms with Crippen LogP contribution in [0.1, 0.15) is 27.4 Å². The van der Waals surface area contributed by atoms with Crippen molar-refractivity contribution in [1.82, 2.24) is 9.97 Å². The molecule has 0 bridgehead atoms. The van der Waals surface area contributed by atoms with Crippen molar-refractivity contribution in [2.45, 2.75) is 13.3 Å². The van der Waals surface area contributed by atoms with Crippen LogP contribution < -0.4 is 11.3 Å². The van der Waals surface area contributed by atoms with E-state index in [-0.39, 0.29) is 5.82 Å². The van der Waals surface area contributed by atoms with Crippen LogP contribution in [-0.2, 0) is 6.42 Å². The third-order valence-electron chi connectivity index (χ3n) is 3.88. The number of nitrogens with two attached hydrogens (primary N) is 1. The lowest BCUT2D eigenvalue weighted by atomic mass is 9.96. The quantitative estimate of drug-likeness (QED) is 0.678. The summed E-state index contributed by atoms with van der Waals surface area (Å²) in [4.78, 5) is 29.6. The number of rotatable bonds is 4. The monoisotopic (exact) mass is 335 g/mol. The summed E-state index contributed by atoms with van der Waals surface area (Å²) in [5, 5.41) is 9.61. The number of aromatic nitrogens is 2. The van der Waals surface area contributed by atoms with Crippen molar-refractivity contribution in [3.63, 3.8) is 0 Å². The third kappa shape index (κ3) is 3.42. The van der Waals surface area contributed by atoms with Gasteiger partial charge in [-0.3, -0.25) is 9.59 Å². The molecule has 0 saturated heterocycles. The Balaban J connectivity index is 2.06.